The number of morpholine rings is 1. The van der Waals surface area contributed by atoms with Crippen LogP contribution >= 0.6 is 0 Å². The predicted octanol–water partition coefficient (Wildman–Crippen LogP) is 1.23. The van der Waals surface area contributed by atoms with Crippen LogP contribution in [0, 0.1) is 0 Å². The quantitative estimate of drug-likeness (QED) is 0.849. The smallest absolute Gasteiger partial charge is 0.408 e. The Bertz CT molecular complexity index is 682. The number of hydrogen-bond acceptors (Lipinski definition) is 4. The first-order valence-electron chi connectivity index (χ1n) is 7.19. The molecule has 21 heavy (non-hydrogen) atoms. The Balaban J connectivity index is 1.60. The Kier molecular flexibility index (Phi) is 4.06. The van der Waals surface area contributed by atoms with E-state index >= 15 is 0 Å². The van der Waals surface area contributed by atoms with Gasteiger partial charge in [-0.05, 0) is 18.6 Å². The highest BCUT2D eigenvalue weighted by Gasteiger charge is 2.16. The van der Waals surface area contributed by atoms with Crippen LogP contribution in [0.1, 0.15) is 12.8 Å². The van der Waals surface area contributed by atoms with E-state index in [1.807, 2.05) is 23.1 Å². The fraction of sp³-hybridized carbons (Fsp3) is 0.467. The van der Waals surface area contributed by atoms with Gasteiger partial charge in [0.1, 0.15) is 0 Å². The number of benzene rings is 1. The maximum absolute atomic E-state index is 12.0. The van der Waals surface area contributed by atoms with Gasteiger partial charge in [0, 0.05) is 26.1 Å². The number of rotatable bonds is 4. The fourth-order valence-electron chi connectivity index (χ4n) is 2.58. The highest BCUT2D eigenvalue weighted by atomic mass is 16.5. The van der Waals surface area contributed by atoms with Crippen molar-refractivity contribution in [2.45, 2.75) is 19.4 Å². The van der Waals surface area contributed by atoms with E-state index in [-0.39, 0.29) is 11.7 Å². The summed E-state index contributed by atoms with van der Waals surface area (Å²) in [5.74, 6) is -0.242. The molecular weight excluding hydrogens is 272 g/mol. The number of ether oxygens (including phenoxy) is 1. The molecule has 1 fully saturated rings. The van der Waals surface area contributed by atoms with Crippen molar-refractivity contribution >= 4 is 17.0 Å². The summed E-state index contributed by atoms with van der Waals surface area (Å²) >= 11 is 0. The lowest BCUT2D eigenvalue weighted by Crippen LogP contribution is -2.40. The zero-order valence-electron chi connectivity index (χ0n) is 11.8. The molecule has 6 nitrogen and oxygen atoms in total. The molecule has 0 saturated carbocycles. The molecule has 1 aromatic carbocycles. The summed E-state index contributed by atoms with van der Waals surface area (Å²) in [6.07, 6.45) is 1.06. The molecule has 1 saturated heterocycles. The third-order valence-corrected chi connectivity index (χ3v) is 3.71. The van der Waals surface area contributed by atoms with Gasteiger partial charge in [0.05, 0.1) is 18.7 Å². The number of aromatic nitrogens is 1. The normalized spacial score (nSPS) is 15.5. The lowest BCUT2D eigenvalue weighted by atomic mass is 10.2. The number of carbonyl (C=O) groups is 1. The van der Waals surface area contributed by atoms with Gasteiger partial charge in [0.25, 0.3) is 0 Å². The van der Waals surface area contributed by atoms with Gasteiger partial charge in [-0.1, -0.05) is 12.1 Å². The fourth-order valence-corrected chi connectivity index (χ4v) is 2.58. The molecule has 0 bridgehead atoms. The molecule has 3 rings (SSSR count). The number of fused-ring (bicyclic) bond motifs is 1. The van der Waals surface area contributed by atoms with E-state index in [4.69, 9.17) is 9.15 Å². The number of oxazole rings is 1. The Labute approximate surface area is 121 Å². The Morgan fingerprint density at radius 1 is 1.19 bits per heavy atom. The minimum Gasteiger partial charge on any atom is -0.408 e. The molecule has 0 unspecified atom stereocenters. The van der Waals surface area contributed by atoms with Gasteiger partial charge in [0.15, 0.2) is 5.58 Å². The molecular formula is C15H18N2O4. The molecule has 0 aliphatic carbocycles. The number of aryl methyl sites for hydroxylation is 1. The lowest BCUT2D eigenvalue weighted by molar-refractivity contribution is -0.135. The maximum atomic E-state index is 12.0. The molecule has 112 valence electrons. The Hall–Kier alpha value is -2.08. The van der Waals surface area contributed by atoms with Crippen LogP contribution in [0.25, 0.3) is 11.1 Å². The second-order valence-corrected chi connectivity index (χ2v) is 5.08. The van der Waals surface area contributed by atoms with E-state index in [2.05, 4.69) is 0 Å². The van der Waals surface area contributed by atoms with Crippen molar-refractivity contribution < 1.29 is 13.9 Å². The van der Waals surface area contributed by atoms with Crippen molar-refractivity contribution in [2.75, 3.05) is 26.3 Å². The van der Waals surface area contributed by atoms with Gasteiger partial charge in [-0.15, -0.1) is 0 Å². The summed E-state index contributed by atoms with van der Waals surface area (Å²) in [7, 11) is 0. The lowest BCUT2D eigenvalue weighted by Gasteiger charge is -2.26. The average molecular weight is 290 g/mol. The van der Waals surface area contributed by atoms with Crippen molar-refractivity contribution in [1.82, 2.24) is 9.47 Å². The average Bonchev–Trinajstić information content (AvgIpc) is 2.84. The van der Waals surface area contributed by atoms with Crippen molar-refractivity contribution in [3.8, 4) is 0 Å². The highest BCUT2D eigenvalue weighted by Crippen LogP contribution is 2.12. The molecule has 0 radical (unpaired) electrons. The summed E-state index contributed by atoms with van der Waals surface area (Å²) in [5, 5.41) is 0. The van der Waals surface area contributed by atoms with Crippen molar-refractivity contribution in [3.63, 3.8) is 0 Å². The van der Waals surface area contributed by atoms with Crippen molar-refractivity contribution in [3.05, 3.63) is 34.8 Å². The van der Waals surface area contributed by atoms with E-state index < -0.39 is 0 Å². The molecule has 2 aromatic rings. The van der Waals surface area contributed by atoms with E-state index in [1.165, 1.54) is 0 Å². The van der Waals surface area contributed by atoms with Gasteiger partial charge in [-0.2, -0.15) is 0 Å². The van der Waals surface area contributed by atoms with Crippen LogP contribution in [-0.2, 0) is 16.1 Å². The first-order chi connectivity index (χ1) is 10.3. The van der Waals surface area contributed by atoms with Crippen LogP contribution in [-0.4, -0.2) is 41.7 Å². The summed E-state index contributed by atoms with van der Waals surface area (Å²) in [6.45, 7) is 3.03. The standard InChI is InChI=1S/C15H18N2O4/c18-14(16-8-10-20-11-9-16)6-3-7-17-12-4-1-2-5-13(12)21-15(17)19/h1-2,4-5H,3,6-11H2. The minimum atomic E-state index is -0.366. The predicted molar refractivity (Wildman–Crippen MR) is 77.1 cm³/mol. The molecule has 1 aromatic heterocycles. The second kappa shape index (κ2) is 6.13. The van der Waals surface area contributed by atoms with Crippen LogP contribution < -0.4 is 5.76 Å². The molecule has 2 heterocycles. The molecule has 1 aliphatic heterocycles. The van der Waals surface area contributed by atoms with Gasteiger partial charge >= 0.3 is 5.76 Å². The molecule has 6 heteroatoms. The summed E-state index contributed by atoms with van der Waals surface area (Å²) in [4.78, 5) is 25.7. The molecule has 1 aliphatic rings. The first kappa shape index (κ1) is 13.9. The Morgan fingerprint density at radius 3 is 2.76 bits per heavy atom. The minimum absolute atomic E-state index is 0.124. The van der Waals surface area contributed by atoms with Crippen molar-refractivity contribution in [1.29, 1.82) is 0 Å². The van der Waals surface area contributed by atoms with E-state index in [1.54, 1.807) is 10.6 Å². The van der Waals surface area contributed by atoms with Crippen LogP contribution in [0.3, 0.4) is 0 Å². The zero-order valence-corrected chi connectivity index (χ0v) is 11.8. The number of amides is 1. The van der Waals surface area contributed by atoms with E-state index in [0.717, 1.165) is 5.52 Å². The molecule has 0 spiro atoms. The third kappa shape index (κ3) is 3.00. The van der Waals surface area contributed by atoms with Crippen LogP contribution in [0.4, 0.5) is 0 Å². The third-order valence-electron chi connectivity index (χ3n) is 3.71. The SMILES string of the molecule is O=C(CCCn1c(=O)oc2ccccc21)N1CCOCC1. The number of nitrogens with zero attached hydrogens (tertiary/aromatic N) is 2. The first-order valence-corrected chi connectivity index (χ1v) is 7.19. The molecule has 0 atom stereocenters. The highest BCUT2D eigenvalue weighted by molar-refractivity contribution is 5.76. The topological polar surface area (TPSA) is 64.7 Å². The zero-order chi connectivity index (χ0) is 14.7. The van der Waals surface area contributed by atoms with Gasteiger partial charge in [-0.25, -0.2) is 4.79 Å². The second-order valence-electron chi connectivity index (χ2n) is 5.08. The Morgan fingerprint density at radius 2 is 1.95 bits per heavy atom. The van der Waals surface area contributed by atoms with Gasteiger partial charge < -0.3 is 14.1 Å². The summed E-state index contributed by atoms with van der Waals surface area (Å²) in [5.41, 5.74) is 1.36. The summed E-state index contributed by atoms with van der Waals surface area (Å²) in [6, 6.07) is 7.32. The number of carbonyl (C=O) groups excluding carboxylic acids is 1. The van der Waals surface area contributed by atoms with Gasteiger partial charge in [0.2, 0.25) is 5.91 Å². The maximum Gasteiger partial charge on any atom is 0.419 e. The largest absolute Gasteiger partial charge is 0.419 e. The monoisotopic (exact) mass is 290 g/mol. The number of para-hydroxylation sites is 2. The van der Waals surface area contributed by atoms with E-state index in [0.29, 0.717) is 51.3 Å². The molecule has 1 amide bonds. The molecule has 0 N–H and O–H groups in total. The van der Waals surface area contributed by atoms with Gasteiger partial charge in [-0.3, -0.25) is 9.36 Å². The summed E-state index contributed by atoms with van der Waals surface area (Å²) < 4.78 is 12.0. The van der Waals surface area contributed by atoms with Crippen LogP contribution in [0.15, 0.2) is 33.5 Å². The van der Waals surface area contributed by atoms with Crippen molar-refractivity contribution in [2.24, 2.45) is 0 Å². The van der Waals surface area contributed by atoms with E-state index in [9.17, 15) is 9.59 Å². The van der Waals surface area contributed by atoms with Crippen LogP contribution in [0.5, 0.6) is 0 Å². The number of hydrogen-bond donors (Lipinski definition) is 0. The van der Waals surface area contributed by atoms with Crippen LogP contribution in [0.2, 0.25) is 0 Å².